The van der Waals surface area contributed by atoms with Crippen molar-refractivity contribution in [1.82, 2.24) is 10.3 Å². The molecule has 1 aliphatic heterocycles. The third-order valence-electron chi connectivity index (χ3n) is 3.90. The van der Waals surface area contributed by atoms with Crippen molar-refractivity contribution in [2.45, 2.75) is 46.2 Å². The molecule has 1 aromatic rings. The first kappa shape index (κ1) is 15.3. The number of aromatic nitrogens is 1. The molecule has 1 aromatic heterocycles. The minimum absolute atomic E-state index is 0.284. The SMILES string of the molecule is Cc1cc(CNC(C)C)cnc1N1CCCC(CO)C1. The Bertz CT molecular complexity index is 434. The van der Waals surface area contributed by atoms with Crippen LogP contribution >= 0.6 is 0 Å². The second-order valence-corrected chi connectivity index (χ2v) is 6.16. The summed E-state index contributed by atoms with van der Waals surface area (Å²) < 4.78 is 0. The molecule has 0 saturated carbocycles. The van der Waals surface area contributed by atoms with Gasteiger partial charge in [-0.3, -0.25) is 0 Å². The molecule has 0 amide bonds. The number of hydrogen-bond acceptors (Lipinski definition) is 4. The van der Waals surface area contributed by atoms with Crippen molar-refractivity contribution in [1.29, 1.82) is 0 Å². The number of aryl methyl sites for hydroxylation is 1. The molecule has 2 rings (SSSR count). The lowest BCUT2D eigenvalue weighted by Crippen LogP contribution is -2.37. The lowest BCUT2D eigenvalue weighted by atomic mass is 9.98. The summed E-state index contributed by atoms with van der Waals surface area (Å²) in [7, 11) is 0. The van der Waals surface area contributed by atoms with Gasteiger partial charge in [-0.2, -0.15) is 0 Å². The van der Waals surface area contributed by atoms with Gasteiger partial charge in [0.25, 0.3) is 0 Å². The summed E-state index contributed by atoms with van der Waals surface area (Å²) in [6.07, 6.45) is 4.24. The Labute approximate surface area is 122 Å². The van der Waals surface area contributed by atoms with Gasteiger partial charge in [-0.25, -0.2) is 4.98 Å². The van der Waals surface area contributed by atoms with E-state index in [2.05, 4.69) is 42.0 Å². The van der Waals surface area contributed by atoms with E-state index in [-0.39, 0.29) is 6.61 Å². The van der Waals surface area contributed by atoms with Crippen molar-refractivity contribution in [2.24, 2.45) is 5.92 Å². The van der Waals surface area contributed by atoms with Gasteiger partial charge in [-0.1, -0.05) is 13.8 Å². The van der Waals surface area contributed by atoms with E-state index in [0.717, 1.165) is 38.3 Å². The molecule has 0 spiro atoms. The fourth-order valence-corrected chi connectivity index (χ4v) is 2.78. The molecule has 2 heterocycles. The quantitative estimate of drug-likeness (QED) is 0.865. The smallest absolute Gasteiger partial charge is 0.131 e. The van der Waals surface area contributed by atoms with Crippen LogP contribution < -0.4 is 10.2 Å². The number of rotatable bonds is 5. The maximum atomic E-state index is 9.34. The van der Waals surface area contributed by atoms with Crippen molar-refractivity contribution < 1.29 is 5.11 Å². The molecule has 4 heteroatoms. The predicted molar refractivity (Wildman–Crippen MR) is 83.0 cm³/mol. The Kier molecular flexibility index (Phi) is 5.38. The van der Waals surface area contributed by atoms with Crippen LogP contribution in [0.5, 0.6) is 0 Å². The van der Waals surface area contributed by atoms with Crippen LogP contribution in [-0.2, 0) is 6.54 Å². The van der Waals surface area contributed by atoms with Gasteiger partial charge in [0, 0.05) is 38.5 Å². The molecule has 0 bridgehead atoms. The molecule has 112 valence electrons. The Hall–Kier alpha value is -1.13. The number of aliphatic hydroxyl groups excluding tert-OH is 1. The van der Waals surface area contributed by atoms with Crippen LogP contribution in [0, 0.1) is 12.8 Å². The summed E-state index contributed by atoms with van der Waals surface area (Å²) >= 11 is 0. The number of piperidine rings is 1. The molecule has 1 aliphatic rings. The van der Waals surface area contributed by atoms with E-state index in [9.17, 15) is 5.11 Å². The molecule has 1 saturated heterocycles. The molecule has 0 aromatic carbocycles. The second-order valence-electron chi connectivity index (χ2n) is 6.16. The highest BCUT2D eigenvalue weighted by Gasteiger charge is 2.21. The van der Waals surface area contributed by atoms with E-state index in [4.69, 9.17) is 0 Å². The van der Waals surface area contributed by atoms with Gasteiger partial charge in [-0.15, -0.1) is 0 Å². The van der Waals surface area contributed by atoms with Crippen LogP contribution in [0.25, 0.3) is 0 Å². The largest absolute Gasteiger partial charge is 0.396 e. The van der Waals surface area contributed by atoms with E-state index >= 15 is 0 Å². The normalized spacial score (nSPS) is 19.6. The molecule has 0 radical (unpaired) electrons. The van der Waals surface area contributed by atoms with E-state index in [0.29, 0.717) is 12.0 Å². The average Bonchev–Trinajstić information content (AvgIpc) is 2.45. The minimum Gasteiger partial charge on any atom is -0.396 e. The van der Waals surface area contributed by atoms with Gasteiger partial charge in [-0.05, 0) is 42.9 Å². The summed E-state index contributed by atoms with van der Waals surface area (Å²) in [6.45, 7) is 9.55. The second kappa shape index (κ2) is 7.04. The zero-order valence-electron chi connectivity index (χ0n) is 12.9. The van der Waals surface area contributed by atoms with E-state index in [1.165, 1.54) is 11.1 Å². The maximum Gasteiger partial charge on any atom is 0.131 e. The van der Waals surface area contributed by atoms with E-state index in [1.54, 1.807) is 0 Å². The first-order chi connectivity index (χ1) is 9.60. The van der Waals surface area contributed by atoms with Gasteiger partial charge < -0.3 is 15.3 Å². The highest BCUT2D eigenvalue weighted by atomic mass is 16.3. The fourth-order valence-electron chi connectivity index (χ4n) is 2.78. The van der Waals surface area contributed by atoms with Gasteiger partial charge in [0.15, 0.2) is 0 Å². The van der Waals surface area contributed by atoms with Crippen molar-refractivity contribution >= 4 is 5.82 Å². The minimum atomic E-state index is 0.284. The van der Waals surface area contributed by atoms with Gasteiger partial charge in [0.05, 0.1) is 0 Å². The molecule has 0 aliphatic carbocycles. The molecule has 1 atom stereocenters. The molecule has 4 nitrogen and oxygen atoms in total. The van der Waals surface area contributed by atoms with Crippen molar-refractivity contribution in [2.75, 3.05) is 24.6 Å². The van der Waals surface area contributed by atoms with Crippen LogP contribution in [0.4, 0.5) is 5.82 Å². The molecule has 2 N–H and O–H groups in total. The molecule has 20 heavy (non-hydrogen) atoms. The van der Waals surface area contributed by atoms with Crippen molar-refractivity contribution in [3.8, 4) is 0 Å². The molecular formula is C16H27N3O. The topological polar surface area (TPSA) is 48.4 Å². The lowest BCUT2D eigenvalue weighted by Gasteiger charge is -2.33. The highest BCUT2D eigenvalue weighted by Crippen LogP contribution is 2.24. The fraction of sp³-hybridized carbons (Fsp3) is 0.688. The predicted octanol–water partition coefficient (Wildman–Crippen LogP) is 2.10. The Morgan fingerprint density at radius 3 is 2.95 bits per heavy atom. The molecule has 1 unspecified atom stereocenters. The number of anilines is 1. The third kappa shape index (κ3) is 3.93. The van der Waals surface area contributed by atoms with Crippen LogP contribution in [0.3, 0.4) is 0 Å². The number of nitrogens with zero attached hydrogens (tertiary/aromatic N) is 2. The molecular weight excluding hydrogens is 250 g/mol. The standard InChI is InChI=1S/C16H27N3O/c1-12(2)17-8-15-7-13(3)16(18-9-15)19-6-4-5-14(10-19)11-20/h7,9,12,14,17,20H,4-6,8,10-11H2,1-3H3. The van der Waals surface area contributed by atoms with E-state index in [1.807, 2.05) is 6.20 Å². The first-order valence-corrected chi connectivity index (χ1v) is 7.65. The van der Waals surface area contributed by atoms with Crippen LogP contribution in [0.15, 0.2) is 12.3 Å². The number of hydrogen-bond donors (Lipinski definition) is 2. The summed E-state index contributed by atoms with van der Waals surface area (Å²) in [4.78, 5) is 6.97. The average molecular weight is 277 g/mol. The summed E-state index contributed by atoms with van der Waals surface area (Å²) in [5.74, 6) is 1.48. The van der Waals surface area contributed by atoms with Crippen LogP contribution in [0.1, 0.15) is 37.8 Å². The lowest BCUT2D eigenvalue weighted by molar-refractivity contribution is 0.208. The Balaban J connectivity index is 2.05. The van der Waals surface area contributed by atoms with Crippen molar-refractivity contribution in [3.63, 3.8) is 0 Å². The zero-order chi connectivity index (χ0) is 14.5. The molecule has 1 fully saturated rings. The third-order valence-corrected chi connectivity index (χ3v) is 3.90. The van der Waals surface area contributed by atoms with Crippen LogP contribution in [0.2, 0.25) is 0 Å². The van der Waals surface area contributed by atoms with Gasteiger partial charge >= 0.3 is 0 Å². The van der Waals surface area contributed by atoms with Gasteiger partial charge in [0.1, 0.15) is 5.82 Å². The zero-order valence-corrected chi connectivity index (χ0v) is 12.9. The van der Waals surface area contributed by atoms with Crippen molar-refractivity contribution in [3.05, 3.63) is 23.4 Å². The van der Waals surface area contributed by atoms with Gasteiger partial charge in [0.2, 0.25) is 0 Å². The van der Waals surface area contributed by atoms with Crippen LogP contribution in [-0.4, -0.2) is 35.8 Å². The number of nitrogens with one attached hydrogen (secondary N) is 1. The highest BCUT2D eigenvalue weighted by molar-refractivity contribution is 5.47. The Morgan fingerprint density at radius 1 is 1.50 bits per heavy atom. The number of aliphatic hydroxyl groups is 1. The summed E-state index contributed by atoms with van der Waals surface area (Å²) in [6, 6.07) is 2.71. The maximum absolute atomic E-state index is 9.34. The first-order valence-electron chi connectivity index (χ1n) is 7.65. The summed E-state index contributed by atoms with van der Waals surface area (Å²) in [5, 5.41) is 12.8. The Morgan fingerprint density at radius 2 is 2.30 bits per heavy atom. The monoisotopic (exact) mass is 277 g/mol. The summed E-state index contributed by atoms with van der Waals surface area (Å²) in [5.41, 5.74) is 2.46. The number of pyridine rings is 1. The van der Waals surface area contributed by atoms with E-state index < -0.39 is 0 Å².